The summed E-state index contributed by atoms with van der Waals surface area (Å²) in [4.78, 5) is 109. The largest absolute Gasteiger partial charge is 0.489 e. The Bertz CT molecular complexity index is 6290. The van der Waals surface area contributed by atoms with Gasteiger partial charge < -0.3 is 66.3 Å². The van der Waals surface area contributed by atoms with E-state index in [2.05, 4.69) is 0 Å². The Morgan fingerprint density at radius 3 is 0.486 bits per heavy atom. The number of rotatable bonds is 55. The van der Waals surface area contributed by atoms with Crippen molar-refractivity contribution in [2.75, 3.05) is 92.5 Å². The molecule has 14 aromatic carbocycles. The third-order valence-electron chi connectivity index (χ3n) is 24.3. The highest BCUT2D eigenvalue weighted by molar-refractivity contribution is 5.83. The summed E-state index contributed by atoms with van der Waals surface area (Å²) >= 11 is 0. The van der Waals surface area contributed by atoms with Crippen molar-refractivity contribution >= 4 is 41.8 Å². The van der Waals surface area contributed by atoms with Crippen molar-refractivity contribution in [3.8, 4) is 118 Å². The second-order valence-corrected chi connectivity index (χ2v) is 34.1. The molecule has 0 saturated heterocycles. The number of carbonyl (C=O) groups excluding carboxylic acids is 7. The second-order valence-electron chi connectivity index (χ2n) is 34.1. The zero-order chi connectivity index (χ0) is 98.5. The van der Waals surface area contributed by atoms with Crippen LogP contribution in [-0.2, 0) is 66.7 Å². The Kier molecular flexibility index (Phi) is 39.4. The normalized spacial score (nSPS) is 12.5. The standard InChI is InChI=1S/C121H118O21/c1-3-88(116(123)137-75-68-130-109-61-33-26-54-102(109)90-41-13-5-14-42-90)82-97(118(125)139-77-70-132-111-63-35-28-56-104(111)92-45-17-7-18-46-92)84-99(120(127)141-79-72-134-113-65-37-30-58-106(113)94-49-21-9-22-50-94)86-100(121(128)142-80-73-135-114-66-38-31-59-107(114)95-51-23-10-24-52-95)85-98(119(126)140-78-71-133-112-64-36-29-57-105(112)93-47-19-8-20-48-93)83-96(117(124)138-76-69-131-110-62-34-27-55-103(110)91-43-15-6-16-44-91)81-87(2)115(122)136-74-67-129-108-60-32-25-53-101(108)89-39-11-4-12-40-89/h4-66,87-88,96-100H,3,67-86H2,1-2H3. The molecule has 0 radical (unpaired) electrons. The van der Waals surface area contributed by atoms with Crippen molar-refractivity contribution in [1.29, 1.82) is 0 Å². The maximum Gasteiger partial charge on any atom is 0.309 e. The summed E-state index contributed by atoms with van der Waals surface area (Å²) in [5.41, 5.74) is 11.8. The number of ether oxygens (including phenoxy) is 14. The van der Waals surface area contributed by atoms with Crippen LogP contribution in [0.4, 0.5) is 0 Å². The molecule has 7 atom stereocenters. The summed E-state index contributed by atoms with van der Waals surface area (Å²) in [6.45, 7) is 0.463. The Balaban J connectivity index is 0.810. The molecule has 14 aromatic rings. The van der Waals surface area contributed by atoms with E-state index in [1.807, 2.05) is 364 Å². The fraction of sp³-hybridized carbons (Fsp3) is 0.248. The number of esters is 7. The maximum absolute atomic E-state index is 16.2. The third-order valence-corrected chi connectivity index (χ3v) is 24.3. The first-order chi connectivity index (χ1) is 69.8. The number of hydrogen-bond acceptors (Lipinski definition) is 21. The fourth-order valence-electron chi connectivity index (χ4n) is 17.2. The number of benzene rings is 14. The van der Waals surface area contributed by atoms with E-state index in [1.165, 1.54) is 0 Å². The van der Waals surface area contributed by atoms with Crippen LogP contribution in [0.5, 0.6) is 40.2 Å². The van der Waals surface area contributed by atoms with Gasteiger partial charge in [0.2, 0.25) is 0 Å². The van der Waals surface area contributed by atoms with Crippen molar-refractivity contribution < 1.29 is 99.9 Å². The number of hydrogen-bond donors (Lipinski definition) is 0. The van der Waals surface area contributed by atoms with Crippen LogP contribution in [0.1, 0.15) is 58.8 Å². The van der Waals surface area contributed by atoms with Crippen LogP contribution in [0.3, 0.4) is 0 Å². The average molecular weight is 1910 g/mol. The van der Waals surface area contributed by atoms with E-state index in [-0.39, 0.29) is 112 Å². The zero-order valence-electron chi connectivity index (χ0n) is 79.8. The van der Waals surface area contributed by atoms with E-state index < -0.39 is 109 Å². The van der Waals surface area contributed by atoms with Crippen LogP contribution in [0, 0.1) is 41.4 Å². The fourth-order valence-corrected chi connectivity index (χ4v) is 17.2. The summed E-state index contributed by atoms with van der Waals surface area (Å²) < 4.78 is 88.1. The van der Waals surface area contributed by atoms with E-state index >= 15 is 24.0 Å². The van der Waals surface area contributed by atoms with Gasteiger partial charge in [-0.2, -0.15) is 0 Å². The molecular formula is C121H118O21. The maximum atomic E-state index is 16.2. The van der Waals surface area contributed by atoms with Gasteiger partial charge in [-0.1, -0.05) is 354 Å². The molecule has 0 aromatic heterocycles. The van der Waals surface area contributed by atoms with Crippen LogP contribution in [0.25, 0.3) is 77.9 Å². The highest BCUT2D eigenvalue weighted by atomic mass is 16.6. The number of para-hydroxylation sites is 7. The van der Waals surface area contributed by atoms with Crippen molar-refractivity contribution in [2.24, 2.45) is 41.4 Å². The molecule has 7 unspecified atom stereocenters. The molecule has 0 bridgehead atoms. The second kappa shape index (κ2) is 54.9. The molecule has 728 valence electrons. The van der Waals surface area contributed by atoms with E-state index in [9.17, 15) is 9.59 Å². The van der Waals surface area contributed by atoms with Crippen molar-refractivity contribution in [3.63, 3.8) is 0 Å². The first-order valence-corrected chi connectivity index (χ1v) is 48.4. The topological polar surface area (TPSA) is 249 Å². The molecule has 0 aliphatic rings. The van der Waals surface area contributed by atoms with E-state index in [0.29, 0.717) is 40.2 Å². The molecule has 0 spiro atoms. The van der Waals surface area contributed by atoms with Gasteiger partial charge in [-0.05, 0) is 126 Å². The minimum atomic E-state index is -1.53. The van der Waals surface area contributed by atoms with Crippen molar-refractivity contribution in [1.82, 2.24) is 0 Å². The molecule has 0 N–H and O–H groups in total. The van der Waals surface area contributed by atoms with E-state index in [4.69, 9.17) is 66.3 Å². The predicted octanol–water partition coefficient (Wildman–Crippen LogP) is 24.1. The smallest absolute Gasteiger partial charge is 0.309 e. The van der Waals surface area contributed by atoms with E-state index in [0.717, 1.165) is 77.9 Å². The quantitative estimate of drug-likeness (QED) is 0.0195. The minimum Gasteiger partial charge on any atom is -0.489 e. The molecule has 0 saturated carbocycles. The van der Waals surface area contributed by atoms with Crippen LogP contribution >= 0.6 is 0 Å². The van der Waals surface area contributed by atoms with Gasteiger partial charge in [0.25, 0.3) is 0 Å². The predicted molar refractivity (Wildman–Crippen MR) is 546 cm³/mol. The summed E-state index contributed by atoms with van der Waals surface area (Å²) in [5, 5.41) is 0. The summed E-state index contributed by atoms with van der Waals surface area (Å²) in [5.74, 6) is -11.4. The zero-order valence-corrected chi connectivity index (χ0v) is 79.8. The number of carbonyl (C=O) groups is 7. The lowest BCUT2D eigenvalue weighted by molar-refractivity contribution is -0.157. The van der Waals surface area contributed by atoms with E-state index in [1.54, 1.807) is 32.0 Å². The van der Waals surface area contributed by atoms with Gasteiger partial charge >= 0.3 is 41.8 Å². The van der Waals surface area contributed by atoms with Gasteiger partial charge in [-0.25, -0.2) is 0 Å². The summed E-state index contributed by atoms with van der Waals surface area (Å²) in [6, 6.07) is 120. The Morgan fingerprint density at radius 2 is 0.310 bits per heavy atom. The van der Waals surface area contributed by atoms with Crippen molar-refractivity contribution in [3.05, 3.63) is 382 Å². The molecule has 0 heterocycles. The highest BCUT2D eigenvalue weighted by Gasteiger charge is 2.41. The summed E-state index contributed by atoms with van der Waals surface area (Å²) in [7, 11) is 0. The molecule has 0 fully saturated rings. The van der Waals surface area contributed by atoms with Gasteiger partial charge in [-0.3, -0.25) is 33.6 Å². The minimum absolute atomic E-state index is 0.0355. The summed E-state index contributed by atoms with van der Waals surface area (Å²) in [6.07, 6.45) is -2.29. The average Bonchev–Trinajstić information content (AvgIpc) is 0.852. The molecular weight excluding hydrogens is 1790 g/mol. The first-order valence-electron chi connectivity index (χ1n) is 48.4. The van der Waals surface area contributed by atoms with Crippen LogP contribution in [0.15, 0.2) is 382 Å². The lowest BCUT2D eigenvalue weighted by Crippen LogP contribution is -2.35. The third kappa shape index (κ3) is 30.5. The van der Waals surface area contributed by atoms with Crippen LogP contribution in [-0.4, -0.2) is 134 Å². The lowest BCUT2D eigenvalue weighted by Gasteiger charge is -2.29. The Hall–Kier alpha value is -16.0. The molecule has 14 rings (SSSR count). The Labute approximate surface area is 829 Å². The monoisotopic (exact) mass is 1910 g/mol. The van der Waals surface area contributed by atoms with Gasteiger partial charge in [0.15, 0.2) is 0 Å². The van der Waals surface area contributed by atoms with Crippen molar-refractivity contribution in [2.45, 2.75) is 58.8 Å². The molecule has 0 aliphatic carbocycles. The SMILES string of the molecule is CCC(CC(CC(CC(CC(CC(CC(C)C(=O)OCCOc1ccccc1-c1ccccc1)C(=O)OCCOc1ccccc1-c1ccccc1)C(=O)OCCOc1ccccc1-c1ccccc1)C(=O)OCCOc1ccccc1-c1ccccc1)C(=O)OCCOc1ccccc1-c1ccccc1)C(=O)OCCOc1ccccc1-c1ccccc1)C(=O)OCCOc1ccccc1-c1ccccc1. The molecule has 21 heteroatoms. The molecule has 0 amide bonds. The molecule has 0 aliphatic heterocycles. The lowest BCUT2D eigenvalue weighted by atomic mass is 9.78. The van der Waals surface area contributed by atoms with Crippen LogP contribution < -0.4 is 33.2 Å². The molecule has 21 nitrogen and oxygen atoms in total. The van der Waals surface area contributed by atoms with Crippen LogP contribution in [0.2, 0.25) is 0 Å². The van der Waals surface area contributed by atoms with Gasteiger partial charge in [0.1, 0.15) is 133 Å². The highest BCUT2D eigenvalue weighted by Crippen LogP contribution is 2.40. The van der Waals surface area contributed by atoms with Gasteiger partial charge in [-0.15, -0.1) is 0 Å². The van der Waals surface area contributed by atoms with Gasteiger partial charge in [0, 0.05) is 38.9 Å². The Morgan fingerprint density at radius 1 is 0.169 bits per heavy atom. The molecule has 142 heavy (non-hydrogen) atoms. The van der Waals surface area contributed by atoms with Gasteiger partial charge in [0.05, 0.1) is 41.4 Å². The first kappa shape index (κ1) is 102.